The van der Waals surface area contributed by atoms with Crippen LogP contribution in [0.2, 0.25) is 0 Å². The van der Waals surface area contributed by atoms with Crippen molar-refractivity contribution in [2.24, 2.45) is 5.92 Å². The van der Waals surface area contributed by atoms with Gasteiger partial charge in [-0.15, -0.1) is 0 Å². The molecule has 0 radical (unpaired) electrons. The second-order valence-electron chi connectivity index (χ2n) is 8.28. The minimum Gasteiger partial charge on any atom is -0.399 e. The Morgan fingerprint density at radius 3 is 2.37 bits per heavy atom. The average molecular weight is 368 g/mol. The molecule has 27 heavy (non-hydrogen) atoms. The molecule has 2 aliphatic rings. The van der Waals surface area contributed by atoms with Crippen LogP contribution < -0.4 is 16.1 Å². The van der Waals surface area contributed by atoms with Crippen LogP contribution >= 0.6 is 0 Å². The number of rotatable bonds is 4. The second kappa shape index (κ2) is 6.17. The lowest BCUT2D eigenvalue weighted by molar-refractivity contribution is -0.117. The zero-order chi connectivity index (χ0) is 19.4. The molecular weight excluding hydrogens is 343 g/mol. The van der Waals surface area contributed by atoms with Crippen LogP contribution in [0.3, 0.4) is 0 Å². The van der Waals surface area contributed by atoms with Crippen LogP contribution in [-0.2, 0) is 14.1 Å². The molecule has 2 aromatic heterocycles. The first-order valence-corrected chi connectivity index (χ1v) is 9.35. The minimum absolute atomic E-state index is 0.0296. The van der Waals surface area contributed by atoms with Gasteiger partial charge in [0, 0.05) is 36.2 Å². The summed E-state index contributed by atoms with van der Waals surface area (Å²) in [5.41, 5.74) is -0.0596. The number of pyridine rings is 2. The van der Waals surface area contributed by atoms with E-state index in [1.807, 2.05) is 40.8 Å². The summed E-state index contributed by atoms with van der Waals surface area (Å²) in [5, 5.41) is 7.75. The summed E-state index contributed by atoms with van der Waals surface area (Å²) in [6.45, 7) is 8.09. The maximum atomic E-state index is 12.1. The molecule has 0 bridgehead atoms. The van der Waals surface area contributed by atoms with Crippen LogP contribution in [-0.4, -0.2) is 41.2 Å². The summed E-state index contributed by atoms with van der Waals surface area (Å²) in [6.07, 6.45) is 5.40. The maximum Gasteiger partial charge on any atom is 0.497 e. The Labute approximate surface area is 159 Å². The number of nitrogens with zero attached hydrogens (tertiary/aromatic N) is 2. The Kier molecular flexibility index (Phi) is 4.16. The highest BCUT2D eigenvalue weighted by molar-refractivity contribution is 6.65. The molecule has 2 fully saturated rings. The van der Waals surface area contributed by atoms with E-state index in [0.29, 0.717) is 5.82 Å². The van der Waals surface area contributed by atoms with E-state index >= 15 is 0 Å². The predicted molar refractivity (Wildman–Crippen MR) is 106 cm³/mol. The van der Waals surface area contributed by atoms with E-state index in [2.05, 4.69) is 20.6 Å². The molecule has 2 N–H and O–H groups in total. The summed E-state index contributed by atoms with van der Waals surface area (Å²) < 4.78 is 12.4. The van der Waals surface area contributed by atoms with E-state index in [4.69, 9.17) is 9.31 Å². The van der Waals surface area contributed by atoms with Crippen molar-refractivity contribution in [1.82, 2.24) is 9.97 Å². The molecule has 1 aliphatic heterocycles. The van der Waals surface area contributed by atoms with Gasteiger partial charge in [0.2, 0.25) is 5.91 Å². The van der Waals surface area contributed by atoms with Crippen molar-refractivity contribution in [3.8, 4) is 0 Å². The summed E-state index contributed by atoms with van der Waals surface area (Å²) in [4.78, 5) is 21.0. The number of carbonyl (C=O) groups is 1. The SMILES string of the molecule is CNc1ncc(B2OC(C)(C)C(C)(C)O2)c2cc(NC(=O)C3CC3)ncc12. The molecule has 0 atom stereocenters. The molecule has 1 amide bonds. The van der Waals surface area contributed by atoms with E-state index < -0.39 is 18.3 Å². The first kappa shape index (κ1) is 18.2. The van der Waals surface area contributed by atoms with Crippen LogP contribution in [0.4, 0.5) is 11.6 Å². The van der Waals surface area contributed by atoms with Gasteiger partial charge in [-0.1, -0.05) is 0 Å². The lowest BCUT2D eigenvalue weighted by atomic mass is 9.77. The Hall–Kier alpha value is -2.19. The van der Waals surface area contributed by atoms with Gasteiger partial charge in [0.15, 0.2) is 0 Å². The molecule has 142 valence electrons. The molecule has 1 saturated heterocycles. The van der Waals surface area contributed by atoms with Crippen LogP contribution in [0, 0.1) is 5.92 Å². The Morgan fingerprint density at radius 2 is 1.78 bits per heavy atom. The summed E-state index contributed by atoms with van der Waals surface area (Å²) >= 11 is 0. The van der Waals surface area contributed by atoms with Gasteiger partial charge in [0.05, 0.1) is 11.2 Å². The van der Waals surface area contributed by atoms with Crippen LogP contribution in [0.25, 0.3) is 10.8 Å². The lowest BCUT2D eigenvalue weighted by Gasteiger charge is -2.32. The van der Waals surface area contributed by atoms with Gasteiger partial charge in [-0.25, -0.2) is 9.97 Å². The van der Waals surface area contributed by atoms with E-state index in [9.17, 15) is 4.79 Å². The van der Waals surface area contributed by atoms with Crippen LogP contribution in [0.5, 0.6) is 0 Å². The van der Waals surface area contributed by atoms with Crippen molar-refractivity contribution in [2.45, 2.75) is 51.7 Å². The molecule has 1 aliphatic carbocycles. The largest absolute Gasteiger partial charge is 0.497 e. The third-order valence-electron chi connectivity index (χ3n) is 5.75. The van der Waals surface area contributed by atoms with Gasteiger partial charge in [0.25, 0.3) is 0 Å². The number of aromatic nitrogens is 2. The zero-order valence-electron chi connectivity index (χ0n) is 16.4. The smallest absolute Gasteiger partial charge is 0.399 e. The molecule has 3 heterocycles. The van der Waals surface area contributed by atoms with E-state index in [1.165, 1.54) is 0 Å². The minimum atomic E-state index is -0.537. The van der Waals surface area contributed by atoms with Crippen molar-refractivity contribution in [1.29, 1.82) is 0 Å². The molecule has 7 nitrogen and oxygen atoms in total. The van der Waals surface area contributed by atoms with Gasteiger partial charge in [0.1, 0.15) is 11.6 Å². The third-order valence-corrected chi connectivity index (χ3v) is 5.75. The molecule has 0 aromatic carbocycles. The number of hydrogen-bond acceptors (Lipinski definition) is 6. The lowest BCUT2D eigenvalue weighted by Crippen LogP contribution is -2.41. The fourth-order valence-electron chi connectivity index (χ4n) is 3.16. The quantitative estimate of drug-likeness (QED) is 0.806. The number of anilines is 2. The summed E-state index contributed by atoms with van der Waals surface area (Å²) in [6, 6.07) is 1.87. The first-order chi connectivity index (χ1) is 12.7. The van der Waals surface area contributed by atoms with E-state index in [1.54, 1.807) is 12.4 Å². The standard InChI is InChI=1S/C19H25BN4O3/c1-18(2)19(3,4)27-20(26-18)14-10-23-16(21-5)13-9-22-15(8-12(13)14)24-17(25)11-6-7-11/h8-11H,6-7H2,1-5H3,(H,21,23)(H,22,24,25). The highest BCUT2D eigenvalue weighted by Crippen LogP contribution is 2.37. The Balaban J connectivity index is 1.76. The predicted octanol–water partition coefficient (Wildman–Crippen LogP) is 2.32. The third kappa shape index (κ3) is 3.17. The molecule has 2 aromatic rings. The topological polar surface area (TPSA) is 85.4 Å². The molecule has 0 unspecified atom stereocenters. The number of hydrogen-bond donors (Lipinski definition) is 2. The monoisotopic (exact) mass is 368 g/mol. The van der Waals surface area contributed by atoms with Gasteiger partial charge >= 0.3 is 7.12 Å². The molecule has 4 rings (SSSR count). The van der Waals surface area contributed by atoms with Crippen molar-refractivity contribution < 1.29 is 14.1 Å². The van der Waals surface area contributed by atoms with Crippen molar-refractivity contribution in [2.75, 3.05) is 17.7 Å². The highest BCUT2D eigenvalue weighted by atomic mass is 16.7. The molecule has 1 saturated carbocycles. The van der Waals surface area contributed by atoms with Crippen LogP contribution in [0.1, 0.15) is 40.5 Å². The molecule has 8 heteroatoms. The molecule has 0 spiro atoms. The number of amides is 1. The average Bonchev–Trinajstić information content (AvgIpc) is 3.41. The van der Waals surface area contributed by atoms with Gasteiger partial charge in [-0.2, -0.15) is 0 Å². The first-order valence-electron chi connectivity index (χ1n) is 9.35. The summed E-state index contributed by atoms with van der Waals surface area (Å²) in [7, 11) is 1.28. The normalized spacial score (nSPS) is 20.7. The highest BCUT2D eigenvalue weighted by Gasteiger charge is 2.52. The molecular formula is C19H25BN4O3. The second-order valence-corrected chi connectivity index (χ2v) is 8.28. The Morgan fingerprint density at radius 1 is 1.11 bits per heavy atom. The van der Waals surface area contributed by atoms with Crippen molar-refractivity contribution in [3.63, 3.8) is 0 Å². The maximum absolute atomic E-state index is 12.1. The fraction of sp³-hybridized carbons (Fsp3) is 0.526. The summed E-state index contributed by atoms with van der Waals surface area (Å²) in [5.74, 6) is 1.40. The number of nitrogens with one attached hydrogen (secondary N) is 2. The Bertz CT molecular complexity index is 895. The van der Waals surface area contributed by atoms with E-state index in [0.717, 1.165) is 34.9 Å². The van der Waals surface area contributed by atoms with Gasteiger partial charge < -0.3 is 19.9 Å². The van der Waals surface area contributed by atoms with Crippen molar-refractivity contribution in [3.05, 3.63) is 18.5 Å². The van der Waals surface area contributed by atoms with Gasteiger partial charge in [-0.05, 0) is 52.0 Å². The van der Waals surface area contributed by atoms with Crippen LogP contribution in [0.15, 0.2) is 18.5 Å². The fourth-order valence-corrected chi connectivity index (χ4v) is 3.16. The van der Waals surface area contributed by atoms with Gasteiger partial charge in [-0.3, -0.25) is 4.79 Å². The van der Waals surface area contributed by atoms with Crippen molar-refractivity contribution >= 4 is 40.9 Å². The number of carbonyl (C=O) groups excluding carboxylic acids is 1. The van der Waals surface area contributed by atoms with E-state index in [-0.39, 0.29) is 11.8 Å². The zero-order valence-corrected chi connectivity index (χ0v) is 16.4. The number of fused-ring (bicyclic) bond motifs is 1.